The third-order valence-corrected chi connectivity index (χ3v) is 1.94. The van der Waals surface area contributed by atoms with E-state index in [1.807, 2.05) is 0 Å². The summed E-state index contributed by atoms with van der Waals surface area (Å²) in [5.74, 6) is -0.958. The summed E-state index contributed by atoms with van der Waals surface area (Å²) in [6.45, 7) is 1.65. The van der Waals surface area contributed by atoms with Crippen LogP contribution >= 0.6 is 0 Å². The number of alkyl halides is 1. The van der Waals surface area contributed by atoms with E-state index in [4.69, 9.17) is 15.6 Å². The second-order valence-corrected chi connectivity index (χ2v) is 3.31. The molecule has 84 valence electrons. The zero-order valence-electron chi connectivity index (χ0n) is 8.41. The third-order valence-electron chi connectivity index (χ3n) is 1.94. The summed E-state index contributed by atoms with van der Waals surface area (Å²) in [7, 11) is 0. The van der Waals surface area contributed by atoms with Crippen molar-refractivity contribution in [2.24, 2.45) is 11.7 Å². The van der Waals surface area contributed by atoms with Crippen molar-refractivity contribution in [1.29, 1.82) is 0 Å². The van der Waals surface area contributed by atoms with Gasteiger partial charge in [0, 0.05) is 6.42 Å². The molecule has 0 rings (SSSR count). The Bertz CT molecular complexity index is 166. The van der Waals surface area contributed by atoms with Crippen molar-refractivity contribution >= 4 is 5.97 Å². The molecule has 0 bridgehead atoms. The number of rotatable bonds is 8. The summed E-state index contributed by atoms with van der Waals surface area (Å²) in [6.07, 6.45) is 0.460. The van der Waals surface area contributed by atoms with Crippen molar-refractivity contribution < 1.29 is 19.0 Å². The molecule has 14 heavy (non-hydrogen) atoms. The molecule has 0 aromatic heterocycles. The monoisotopic (exact) mass is 207 g/mol. The Hall–Kier alpha value is -0.680. The van der Waals surface area contributed by atoms with Gasteiger partial charge in [0.15, 0.2) is 0 Å². The molecule has 0 radical (unpaired) electrons. The van der Waals surface area contributed by atoms with Crippen LogP contribution in [0.15, 0.2) is 0 Å². The van der Waals surface area contributed by atoms with Crippen LogP contribution in [0.1, 0.15) is 19.8 Å². The van der Waals surface area contributed by atoms with Crippen molar-refractivity contribution in [3.8, 4) is 0 Å². The summed E-state index contributed by atoms with van der Waals surface area (Å²) < 4.78 is 16.8. The molecule has 2 atom stereocenters. The summed E-state index contributed by atoms with van der Waals surface area (Å²) >= 11 is 0. The van der Waals surface area contributed by atoms with Gasteiger partial charge < -0.3 is 15.6 Å². The quantitative estimate of drug-likeness (QED) is 0.617. The largest absolute Gasteiger partial charge is 0.481 e. The lowest BCUT2D eigenvalue weighted by Crippen LogP contribution is -2.24. The Morgan fingerprint density at radius 2 is 2.29 bits per heavy atom. The molecule has 0 aromatic carbocycles. The van der Waals surface area contributed by atoms with Crippen molar-refractivity contribution in [3.63, 3.8) is 0 Å². The summed E-state index contributed by atoms with van der Waals surface area (Å²) in [4.78, 5) is 10.4. The Morgan fingerprint density at radius 3 is 2.71 bits per heavy atom. The maximum atomic E-state index is 11.7. The van der Waals surface area contributed by atoms with Crippen LogP contribution in [0.3, 0.4) is 0 Å². The van der Waals surface area contributed by atoms with Gasteiger partial charge in [-0.15, -0.1) is 0 Å². The number of halogens is 1. The summed E-state index contributed by atoms with van der Waals surface area (Å²) in [6, 6.07) is 0. The zero-order chi connectivity index (χ0) is 11.0. The second-order valence-electron chi connectivity index (χ2n) is 3.31. The number of hydrogen-bond donors (Lipinski definition) is 2. The first-order valence-electron chi connectivity index (χ1n) is 4.69. The van der Waals surface area contributed by atoms with E-state index >= 15 is 0 Å². The topological polar surface area (TPSA) is 72.6 Å². The number of carboxylic acids is 1. The SMILES string of the molecule is C[C@@H](C[C@H](CN)CC(=O)O)OCCF. The molecule has 0 saturated heterocycles. The van der Waals surface area contributed by atoms with Crippen LogP contribution < -0.4 is 5.73 Å². The number of carbonyl (C=O) groups is 1. The standard InChI is InChI=1S/C9H18FNO3/c1-7(14-3-2-10)4-8(6-11)5-9(12)13/h7-8H,2-6,11H2,1H3,(H,12,13)/t7-,8-/m0/s1. The van der Waals surface area contributed by atoms with Crippen molar-refractivity contribution in [2.45, 2.75) is 25.9 Å². The summed E-state index contributed by atoms with van der Waals surface area (Å²) in [5, 5.41) is 8.55. The van der Waals surface area contributed by atoms with Gasteiger partial charge in [-0.3, -0.25) is 4.79 Å². The van der Waals surface area contributed by atoms with Crippen LogP contribution in [0.4, 0.5) is 4.39 Å². The normalized spacial score (nSPS) is 15.1. The Morgan fingerprint density at radius 1 is 1.64 bits per heavy atom. The van der Waals surface area contributed by atoms with Crippen LogP contribution in [0.5, 0.6) is 0 Å². The first-order valence-corrected chi connectivity index (χ1v) is 4.69. The molecule has 0 saturated carbocycles. The highest BCUT2D eigenvalue weighted by atomic mass is 19.1. The fourth-order valence-electron chi connectivity index (χ4n) is 1.29. The van der Waals surface area contributed by atoms with Gasteiger partial charge in [0.25, 0.3) is 0 Å². The van der Waals surface area contributed by atoms with Crippen LogP contribution in [0.2, 0.25) is 0 Å². The van der Waals surface area contributed by atoms with E-state index in [-0.39, 0.29) is 25.0 Å². The average molecular weight is 207 g/mol. The van der Waals surface area contributed by atoms with E-state index in [0.29, 0.717) is 13.0 Å². The van der Waals surface area contributed by atoms with E-state index < -0.39 is 12.6 Å². The van der Waals surface area contributed by atoms with E-state index in [1.165, 1.54) is 0 Å². The molecule has 0 spiro atoms. The van der Waals surface area contributed by atoms with Gasteiger partial charge in [0.2, 0.25) is 0 Å². The minimum Gasteiger partial charge on any atom is -0.481 e. The maximum absolute atomic E-state index is 11.7. The number of aliphatic carboxylic acids is 1. The predicted octanol–water partition coefficient (Wildman–Crippen LogP) is 0.801. The fourth-order valence-corrected chi connectivity index (χ4v) is 1.29. The van der Waals surface area contributed by atoms with Crippen LogP contribution in [0.25, 0.3) is 0 Å². The number of hydrogen-bond acceptors (Lipinski definition) is 3. The summed E-state index contributed by atoms with van der Waals surface area (Å²) in [5.41, 5.74) is 5.41. The van der Waals surface area contributed by atoms with E-state index in [2.05, 4.69) is 0 Å². The van der Waals surface area contributed by atoms with E-state index in [1.54, 1.807) is 6.92 Å². The highest BCUT2D eigenvalue weighted by Gasteiger charge is 2.15. The minimum absolute atomic E-state index is 0.0415. The second kappa shape index (κ2) is 7.70. The van der Waals surface area contributed by atoms with Crippen molar-refractivity contribution in [1.82, 2.24) is 0 Å². The van der Waals surface area contributed by atoms with Crippen LogP contribution in [0, 0.1) is 5.92 Å². The van der Waals surface area contributed by atoms with Gasteiger partial charge in [0.1, 0.15) is 6.67 Å². The molecule has 0 aliphatic carbocycles. The molecular formula is C9H18FNO3. The average Bonchev–Trinajstić information content (AvgIpc) is 2.12. The molecule has 0 unspecified atom stereocenters. The van der Waals surface area contributed by atoms with E-state index in [0.717, 1.165) is 0 Å². The fraction of sp³-hybridized carbons (Fsp3) is 0.889. The molecule has 0 aliphatic heterocycles. The number of ether oxygens (including phenoxy) is 1. The number of nitrogens with two attached hydrogens (primary N) is 1. The Kier molecular flexibility index (Phi) is 7.32. The Labute approximate surface area is 83.2 Å². The molecule has 3 N–H and O–H groups in total. The Balaban J connectivity index is 3.73. The molecule has 4 nitrogen and oxygen atoms in total. The molecule has 0 aromatic rings. The van der Waals surface area contributed by atoms with Crippen LogP contribution in [-0.2, 0) is 9.53 Å². The predicted molar refractivity (Wildman–Crippen MR) is 50.8 cm³/mol. The number of carboxylic acid groups (broad SMARTS) is 1. The molecule has 0 aliphatic rings. The van der Waals surface area contributed by atoms with Gasteiger partial charge >= 0.3 is 5.97 Å². The maximum Gasteiger partial charge on any atom is 0.303 e. The van der Waals surface area contributed by atoms with Crippen molar-refractivity contribution in [3.05, 3.63) is 0 Å². The molecule has 0 heterocycles. The highest BCUT2D eigenvalue weighted by Crippen LogP contribution is 2.12. The van der Waals surface area contributed by atoms with Crippen molar-refractivity contribution in [2.75, 3.05) is 19.8 Å². The smallest absolute Gasteiger partial charge is 0.303 e. The van der Waals surface area contributed by atoms with Gasteiger partial charge in [-0.1, -0.05) is 0 Å². The molecule has 0 fully saturated rings. The molecule has 5 heteroatoms. The van der Waals surface area contributed by atoms with Gasteiger partial charge in [-0.05, 0) is 25.8 Å². The lowest BCUT2D eigenvalue weighted by molar-refractivity contribution is -0.138. The lowest BCUT2D eigenvalue weighted by atomic mass is 9.99. The van der Waals surface area contributed by atoms with Crippen LogP contribution in [-0.4, -0.2) is 37.0 Å². The van der Waals surface area contributed by atoms with Gasteiger partial charge in [-0.25, -0.2) is 4.39 Å². The van der Waals surface area contributed by atoms with Gasteiger partial charge in [0.05, 0.1) is 12.7 Å². The third kappa shape index (κ3) is 6.80. The lowest BCUT2D eigenvalue weighted by Gasteiger charge is -2.17. The van der Waals surface area contributed by atoms with E-state index in [9.17, 15) is 9.18 Å². The first-order chi connectivity index (χ1) is 6.60. The minimum atomic E-state index is -0.863. The first kappa shape index (κ1) is 13.3. The zero-order valence-corrected chi connectivity index (χ0v) is 8.41. The highest BCUT2D eigenvalue weighted by molar-refractivity contribution is 5.67. The van der Waals surface area contributed by atoms with Gasteiger partial charge in [-0.2, -0.15) is 0 Å². The molecule has 0 amide bonds. The molecular weight excluding hydrogens is 189 g/mol.